The molecule has 1 atom stereocenters. The Morgan fingerprint density at radius 2 is 1.78 bits per heavy atom. The Hall–Kier alpha value is -2.90. The van der Waals surface area contributed by atoms with Crippen molar-refractivity contribution in [2.24, 2.45) is 0 Å². The molecular formula is C19H21F3N2O3. The summed E-state index contributed by atoms with van der Waals surface area (Å²) in [4.78, 5) is 11.9. The minimum atomic E-state index is -4.42. The van der Waals surface area contributed by atoms with Gasteiger partial charge >= 0.3 is 12.2 Å². The second-order valence-corrected chi connectivity index (χ2v) is 5.77. The molecule has 2 N–H and O–H groups in total. The van der Waals surface area contributed by atoms with Crippen LogP contribution in [0.5, 0.6) is 11.5 Å². The standard InChI is InChI=1S/C19H21F3N2O3/c1-13(14-4-3-5-15(12-14)19(20,21)22)24-18(25)23-10-11-27-17-8-6-16(26-2)7-9-17/h3-9,12-13H,10-11H2,1-2H3,(H2,23,24,25). The highest BCUT2D eigenvalue weighted by molar-refractivity contribution is 5.74. The number of benzene rings is 2. The van der Waals surface area contributed by atoms with Crippen LogP contribution in [0, 0.1) is 0 Å². The van der Waals surface area contributed by atoms with Gasteiger partial charge in [-0.1, -0.05) is 12.1 Å². The van der Waals surface area contributed by atoms with E-state index in [0.717, 1.165) is 12.1 Å². The van der Waals surface area contributed by atoms with Crippen molar-refractivity contribution in [2.75, 3.05) is 20.3 Å². The van der Waals surface area contributed by atoms with E-state index in [1.165, 1.54) is 12.1 Å². The van der Waals surface area contributed by atoms with E-state index < -0.39 is 23.8 Å². The molecule has 0 heterocycles. The number of carbonyl (C=O) groups excluding carboxylic acids is 1. The number of alkyl halides is 3. The number of carbonyl (C=O) groups is 1. The number of hydrogen-bond acceptors (Lipinski definition) is 3. The molecule has 0 aliphatic rings. The Bertz CT molecular complexity index is 749. The summed E-state index contributed by atoms with van der Waals surface area (Å²) >= 11 is 0. The quantitative estimate of drug-likeness (QED) is 0.707. The van der Waals surface area contributed by atoms with Gasteiger partial charge in [0.05, 0.1) is 25.3 Å². The van der Waals surface area contributed by atoms with E-state index in [9.17, 15) is 18.0 Å². The lowest BCUT2D eigenvalue weighted by molar-refractivity contribution is -0.137. The molecule has 27 heavy (non-hydrogen) atoms. The van der Waals surface area contributed by atoms with E-state index in [2.05, 4.69) is 10.6 Å². The van der Waals surface area contributed by atoms with E-state index >= 15 is 0 Å². The van der Waals surface area contributed by atoms with Gasteiger partial charge in [0.25, 0.3) is 0 Å². The van der Waals surface area contributed by atoms with Crippen LogP contribution < -0.4 is 20.1 Å². The van der Waals surface area contributed by atoms with Crippen LogP contribution in [0.4, 0.5) is 18.0 Å². The predicted octanol–water partition coefficient (Wildman–Crippen LogP) is 4.15. The molecule has 8 heteroatoms. The summed E-state index contributed by atoms with van der Waals surface area (Å²) in [5, 5.41) is 5.20. The summed E-state index contributed by atoms with van der Waals surface area (Å²) in [6, 6.07) is 10.8. The van der Waals surface area contributed by atoms with Gasteiger partial charge in [0.1, 0.15) is 18.1 Å². The summed E-state index contributed by atoms with van der Waals surface area (Å²) in [7, 11) is 1.57. The number of nitrogens with one attached hydrogen (secondary N) is 2. The Morgan fingerprint density at radius 3 is 2.41 bits per heavy atom. The number of urea groups is 1. The lowest BCUT2D eigenvalue weighted by atomic mass is 10.1. The molecule has 146 valence electrons. The molecule has 0 spiro atoms. The summed E-state index contributed by atoms with van der Waals surface area (Å²) in [5.41, 5.74) is -0.378. The number of halogens is 3. The van der Waals surface area contributed by atoms with Crippen LogP contribution in [0.3, 0.4) is 0 Å². The molecule has 2 rings (SSSR count). The van der Waals surface area contributed by atoms with E-state index in [0.29, 0.717) is 17.1 Å². The van der Waals surface area contributed by atoms with Gasteiger partial charge < -0.3 is 20.1 Å². The smallest absolute Gasteiger partial charge is 0.416 e. The highest BCUT2D eigenvalue weighted by Crippen LogP contribution is 2.30. The summed E-state index contributed by atoms with van der Waals surface area (Å²) in [6.45, 7) is 2.10. The molecule has 2 aromatic carbocycles. The summed E-state index contributed by atoms with van der Waals surface area (Å²) in [5.74, 6) is 1.35. The molecular weight excluding hydrogens is 361 g/mol. The van der Waals surface area contributed by atoms with Gasteiger partial charge in [-0.3, -0.25) is 0 Å². The molecule has 0 saturated carbocycles. The zero-order valence-corrected chi connectivity index (χ0v) is 15.0. The topological polar surface area (TPSA) is 59.6 Å². The normalized spacial score (nSPS) is 12.2. The van der Waals surface area contributed by atoms with Crippen LogP contribution in [0.1, 0.15) is 24.1 Å². The highest BCUT2D eigenvalue weighted by atomic mass is 19.4. The number of amides is 2. The third kappa shape index (κ3) is 6.40. The SMILES string of the molecule is COc1ccc(OCCNC(=O)NC(C)c2cccc(C(F)(F)F)c2)cc1. The van der Waals surface area contributed by atoms with Crippen molar-refractivity contribution in [1.82, 2.24) is 10.6 Å². The molecule has 0 aromatic heterocycles. The lowest BCUT2D eigenvalue weighted by Gasteiger charge is -2.17. The third-order valence-corrected chi connectivity index (χ3v) is 3.78. The van der Waals surface area contributed by atoms with Crippen molar-refractivity contribution in [1.29, 1.82) is 0 Å². The molecule has 0 aliphatic carbocycles. The van der Waals surface area contributed by atoms with Crippen molar-refractivity contribution in [3.05, 3.63) is 59.7 Å². The van der Waals surface area contributed by atoms with Gasteiger partial charge in [-0.2, -0.15) is 13.2 Å². The first-order valence-electron chi connectivity index (χ1n) is 8.28. The van der Waals surface area contributed by atoms with E-state index in [1.807, 2.05) is 0 Å². The molecule has 0 fully saturated rings. The zero-order valence-electron chi connectivity index (χ0n) is 15.0. The number of hydrogen-bond donors (Lipinski definition) is 2. The van der Waals surface area contributed by atoms with E-state index in [-0.39, 0.29) is 13.2 Å². The minimum absolute atomic E-state index is 0.243. The van der Waals surface area contributed by atoms with Crippen molar-refractivity contribution in [3.63, 3.8) is 0 Å². The maximum absolute atomic E-state index is 12.8. The van der Waals surface area contributed by atoms with Gasteiger partial charge in [0.2, 0.25) is 0 Å². The molecule has 0 radical (unpaired) electrons. The number of ether oxygens (including phenoxy) is 2. The average molecular weight is 382 g/mol. The number of rotatable bonds is 7. The second kappa shape index (κ2) is 9.16. The maximum Gasteiger partial charge on any atom is 0.416 e. The molecule has 0 bridgehead atoms. The van der Waals surface area contributed by atoms with Crippen LogP contribution >= 0.6 is 0 Å². The first kappa shape index (κ1) is 20.4. The Labute approximate surface area is 155 Å². The first-order chi connectivity index (χ1) is 12.8. The Balaban J connectivity index is 1.76. The van der Waals surface area contributed by atoms with Crippen molar-refractivity contribution < 1.29 is 27.4 Å². The van der Waals surface area contributed by atoms with E-state index in [4.69, 9.17) is 9.47 Å². The van der Waals surface area contributed by atoms with Crippen molar-refractivity contribution in [3.8, 4) is 11.5 Å². The van der Waals surface area contributed by atoms with Crippen LogP contribution in [-0.2, 0) is 6.18 Å². The largest absolute Gasteiger partial charge is 0.497 e. The van der Waals surface area contributed by atoms with Gasteiger partial charge in [0.15, 0.2) is 0 Å². The Morgan fingerprint density at radius 1 is 1.11 bits per heavy atom. The third-order valence-electron chi connectivity index (χ3n) is 3.78. The molecule has 2 amide bonds. The predicted molar refractivity (Wildman–Crippen MR) is 94.9 cm³/mol. The van der Waals surface area contributed by atoms with Gasteiger partial charge in [-0.05, 0) is 48.9 Å². The summed E-state index contributed by atoms with van der Waals surface area (Å²) in [6.07, 6.45) is -4.42. The molecule has 1 unspecified atom stereocenters. The van der Waals surface area contributed by atoms with Gasteiger partial charge in [-0.15, -0.1) is 0 Å². The fourth-order valence-corrected chi connectivity index (χ4v) is 2.32. The van der Waals surface area contributed by atoms with Crippen molar-refractivity contribution in [2.45, 2.75) is 19.1 Å². The maximum atomic E-state index is 12.8. The van der Waals surface area contributed by atoms with Crippen LogP contribution in [0.25, 0.3) is 0 Å². The van der Waals surface area contributed by atoms with E-state index in [1.54, 1.807) is 38.3 Å². The molecule has 0 aliphatic heterocycles. The monoisotopic (exact) mass is 382 g/mol. The van der Waals surface area contributed by atoms with Gasteiger partial charge in [-0.25, -0.2) is 4.79 Å². The van der Waals surface area contributed by atoms with Gasteiger partial charge in [0, 0.05) is 0 Å². The lowest BCUT2D eigenvalue weighted by Crippen LogP contribution is -2.39. The second-order valence-electron chi connectivity index (χ2n) is 5.77. The molecule has 5 nitrogen and oxygen atoms in total. The van der Waals surface area contributed by atoms with Crippen LogP contribution in [0.15, 0.2) is 48.5 Å². The van der Waals surface area contributed by atoms with Crippen LogP contribution in [0.2, 0.25) is 0 Å². The van der Waals surface area contributed by atoms with Crippen LogP contribution in [-0.4, -0.2) is 26.3 Å². The fourth-order valence-electron chi connectivity index (χ4n) is 2.32. The Kier molecular flexibility index (Phi) is 6.92. The minimum Gasteiger partial charge on any atom is -0.497 e. The average Bonchev–Trinajstić information content (AvgIpc) is 2.65. The molecule has 2 aromatic rings. The zero-order chi connectivity index (χ0) is 19.9. The highest BCUT2D eigenvalue weighted by Gasteiger charge is 2.30. The number of methoxy groups -OCH3 is 1. The first-order valence-corrected chi connectivity index (χ1v) is 8.28. The van der Waals surface area contributed by atoms with Crippen molar-refractivity contribution >= 4 is 6.03 Å². The summed E-state index contributed by atoms with van der Waals surface area (Å²) < 4.78 is 48.8. The molecule has 0 saturated heterocycles. The fraction of sp³-hybridized carbons (Fsp3) is 0.316.